The van der Waals surface area contributed by atoms with E-state index in [-0.39, 0.29) is 0 Å². The zero-order valence-corrected chi connectivity index (χ0v) is 12.8. The quantitative estimate of drug-likeness (QED) is 0.774. The molecule has 0 amide bonds. The van der Waals surface area contributed by atoms with Crippen molar-refractivity contribution in [3.63, 3.8) is 0 Å². The second kappa shape index (κ2) is 7.13. The van der Waals surface area contributed by atoms with Crippen LogP contribution in [0.15, 0.2) is 36.5 Å². The number of aryl methyl sites for hydroxylation is 2. The fourth-order valence-electron chi connectivity index (χ4n) is 2.36. The number of imidazole rings is 1. The van der Waals surface area contributed by atoms with Gasteiger partial charge in [0.15, 0.2) is 0 Å². The van der Waals surface area contributed by atoms with E-state index in [0.29, 0.717) is 5.92 Å². The minimum atomic E-state index is 0.633. The lowest BCUT2D eigenvalue weighted by Gasteiger charge is -2.11. The zero-order chi connectivity index (χ0) is 14.4. The molecule has 1 heterocycles. The molecule has 0 saturated heterocycles. The molecule has 108 valence electrons. The topological polar surface area (TPSA) is 29.9 Å². The summed E-state index contributed by atoms with van der Waals surface area (Å²) in [7, 11) is 0. The Balaban J connectivity index is 1.82. The van der Waals surface area contributed by atoms with Crippen LogP contribution in [0.1, 0.15) is 31.5 Å². The van der Waals surface area contributed by atoms with Crippen LogP contribution in [0.3, 0.4) is 0 Å². The van der Waals surface area contributed by atoms with Gasteiger partial charge in [0, 0.05) is 19.3 Å². The minimum Gasteiger partial charge on any atom is -0.356 e. The Morgan fingerprint density at radius 1 is 1.20 bits per heavy atom. The van der Waals surface area contributed by atoms with Gasteiger partial charge < -0.3 is 9.88 Å². The van der Waals surface area contributed by atoms with Gasteiger partial charge >= 0.3 is 0 Å². The van der Waals surface area contributed by atoms with Crippen molar-refractivity contribution in [1.29, 1.82) is 0 Å². The molecule has 2 rings (SSSR count). The summed E-state index contributed by atoms with van der Waals surface area (Å²) in [6.45, 7) is 8.49. The van der Waals surface area contributed by atoms with Gasteiger partial charge in [0.25, 0.3) is 0 Å². The lowest BCUT2D eigenvalue weighted by molar-refractivity contribution is 0.526. The van der Waals surface area contributed by atoms with Gasteiger partial charge in [0.05, 0.1) is 5.69 Å². The summed E-state index contributed by atoms with van der Waals surface area (Å²) in [4.78, 5) is 4.56. The predicted octanol–water partition coefficient (Wildman–Crippen LogP) is 3.89. The van der Waals surface area contributed by atoms with E-state index in [9.17, 15) is 0 Å². The van der Waals surface area contributed by atoms with E-state index in [0.717, 1.165) is 37.6 Å². The fraction of sp³-hybridized carbons (Fsp3) is 0.471. The molecular weight excluding hydrogens is 246 g/mol. The Morgan fingerprint density at radius 2 is 1.95 bits per heavy atom. The Kier molecular flexibility index (Phi) is 5.22. The van der Waals surface area contributed by atoms with Crippen molar-refractivity contribution in [2.45, 2.75) is 40.2 Å². The normalized spacial score (nSPS) is 11.0. The minimum absolute atomic E-state index is 0.633. The highest BCUT2D eigenvalue weighted by Crippen LogP contribution is 2.12. The highest BCUT2D eigenvalue weighted by Gasteiger charge is 2.06. The number of hydrogen-bond donors (Lipinski definition) is 1. The molecule has 1 aromatic carbocycles. The SMILES string of the molecule is Cc1cn(CC(C)C)c(NCCCc2ccccc2)n1. The van der Waals surface area contributed by atoms with E-state index >= 15 is 0 Å². The Bertz CT molecular complexity index is 514. The average molecular weight is 271 g/mol. The number of nitrogens with one attached hydrogen (secondary N) is 1. The van der Waals surface area contributed by atoms with E-state index in [4.69, 9.17) is 0 Å². The third-order valence-electron chi connectivity index (χ3n) is 3.23. The molecule has 0 fully saturated rings. The molecule has 0 radical (unpaired) electrons. The number of aromatic nitrogens is 2. The zero-order valence-electron chi connectivity index (χ0n) is 12.8. The second-order valence-corrected chi connectivity index (χ2v) is 5.77. The van der Waals surface area contributed by atoms with Crippen LogP contribution in [-0.4, -0.2) is 16.1 Å². The van der Waals surface area contributed by atoms with Gasteiger partial charge in [-0.15, -0.1) is 0 Å². The largest absolute Gasteiger partial charge is 0.356 e. The molecule has 3 nitrogen and oxygen atoms in total. The maximum absolute atomic E-state index is 4.56. The lowest BCUT2D eigenvalue weighted by Crippen LogP contribution is -2.11. The van der Waals surface area contributed by atoms with Crippen LogP contribution in [0.4, 0.5) is 5.95 Å². The van der Waals surface area contributed by atoms with E-state index in [1.54, 1.807) is 0 Å². The summed E-state index contributed by atoms with van der Waals surface area (Å²) in [6, 6.07) is 10.6. The molecule has 1 N–H and O–H groups in total. The van der Waals surface area contributed by atoms with E-state index in [2.05, 4.69) is 65.2 Å². The summed E-state index contributed by atoms with van der Waals surface area (Å²) in [5, 5.41) is 3.46. The highest BCUT2D eigenvalue weighted by atomic mass is 15.2. The number of anilines is 1. The van der Waals surface area contributed by atoms with Crippen molar-refractivity contribution >= 4 is 5.95 Å². The number of nitrogens with zero attached hydrogens (tertiary/aromatic N) is 2. The molecule has 1 aromatic heterocycles. The van der Waals surface area contributed by atoms with Crippen LogP contribution in [0, 0.1) is 12.8 Å². The predicted molar refractivity (Wildman–Crippen MR) is 85.1 cm³/mol. The standard InChI is InChI=1S/C17H25N3/c1-14(2)12-20-13-15(3)19-17(20)18-11-7-10-16-8-5-4-6-9-16/h4-6,8-9,13-14H,7,10-12H2,1-3H3,(H,18,19). The van der Waals surface area contributed by atoms with Gasteiger partial charge in [-0.2, -0.15) is 0 Å². The number of benzene rings is 1. The van der Waals surface area contributed by atoms with Gasteiger partial charge in [-0.25, -0.2) is 4.98 Å². The lowest BCUT2D eigenvalue weighted by atomic mass is 10.1. The van der Waals surface area contributed by atoms with Crippen molar-refractivity contribution in [3.8, 4) is 0 Å². The van der Waals surface area contributed by atoms with Crippen molar-refractivity contribution < 1.29 is 0 Å². The first-order valence-electron chi connectivity index (χ1n) is 7.46. The third kappa shape index (κ3) is 4.41. The molecule has 20 heavy (non-hydrogen) atoms. The van der Waals surface area contributed by atoms with Crippen molar-refractivity contribution in [2.75, 3.05) is 11.9 Å². The van der Waals surface area contributed by atoms with Crippen molar-refractivity contribution in [2.24, 2.45) is 5.92 Å². The summed E-state index contributed by atoms with van der Waals surface area (Å²) in [6.07, 6.45) is 4.36. The molecule has 0 saturated carbocycles. The maximum atomic E-state index is 4.56. The summed E-state index contributed by atoms with van der Waals surface area (Å²) < 4.78 is 2.22. The second-order valence-electron chi connectivity index (χ2n) is 5.77. The third-order valence-corrected chi connectivity index (χ3v) is 3.23. The molecule has 0 atom stereocenters. The molecule has 0 unspecified atom stereocenters. The van der Waals surface area contributed by atoms with Gasteiger partial charge in [-0.1, -0.05) is 44.2 Å². The van der Waals surface area contributed by atoms with Crippen molar-refractivity contribution in [3.05, 3.63) is 47.8 Å². The highest BCUT2D eigenvalue weighted by molar-refractivity contribution is 5.28. The van der Waals surface area contributed by atoms with Crippen LogP contribution in [-0.2, 0) is 13.0 Å². The van der Waals surface area contributed by atoms with Crippen LogP contribution in [0.2, 0.25) is 0 Å². The average Bonchev–Trinajstić information content (AvgIpc) is 2.75. The van der Waals surface area contributed by atoms with Crippen LogP contribution in [0.5, 0.6) is 0 Å². The van der Waals surface area contributed by atoms with Crippen LogP contribution in [0.25, 0.3) is 0 Å². The maximum Gasteiger partial charge on any atom is 0.203 e. The molecule has 3 heteroatoms. The molecule has 0 bridgehead atoms. The smallest absolute Gasteiger partial charge is 0.203 e. The first-order chi connectivity index (χ1) is 9.65. The molecule has 0 aliphatic heterocycles. The molecule has 0 spiro atoms. The first kappa shape index (κ1) is 14.6. The summed E-state index contributed by atoms with van der Waals surface area (Å²) >= 11 is 0. The van der Waals surface area contributed by atoms with E-state index in [1.165, 1.54) is 5.56 Å². The summed E-state index contributed by atoms with van der Waals surface area (Å²) in [5.41, 5.74) is 2.48. The molecule has 0 aliphatic carbocycles. The van der Waals surface area contributed by atoms with E-state index < -0.39 is 0 Å². The fourth-order valence-corrected chi connectivity index (χ4v) is 2.36. The van der Waals surface area contributed by atoms with Crippen molar-refractivity contribution in [1.82, 2.24) is 9.55 Å². The van der Waals surface area contributed by atoms with Gasteiger partial charge in [0.1, 0.15) is 0 Å². The van der Waals surface area contributed by atoms with Gasteiger partial charge in [-0.3, -0.25) is 0 Å². The van der Waals surface area contributed by atoms with E-state index in [1.807, 2.05) is 6.92 Å². The number of hydrogen-bond acceptors (Lipinski definition) is 2. The van der Waals surface area contributed by atoms with Crippen LogP contribution >= 0.6 is 0 Å². The molecule has 0 aliphatic rings. The molecular formula is C17H25N3. The van der Waals surface area contributed by atoms with Gasteiger partial charge in [-0.05, 0) is 31.2 Å². The first-order valence-corrected chi connectivity index (χ1v) is 7.46. The number of rotatable bonds is 7. The Hall–Kier alpha value is -1.77. The Morgan fingerprint density at radius 3 is 2.65 bits per heavy atom. The monoisotopic (exact) mass is 271 g/mol. The van der Waals surface area contributed by atoms with Gasteiger partial charge in [0.2, 0.25) is 5.95 Å². The summed E-state index contributed by atoms with van der Waals surface area (Å²) in [5.74, 6) is 1.64. The molecule has 2 aromatic rings. The Labute approximate surface area is 122 Å². The van der Waals surface area contributed by atoms with Crippen LogP contribution < -0.4 is 5.32 Å².